The first kappa shape index (κ1) is 36.5. The lowest BCUT2D eigenvalue weighted by molar-refractivity contribution is 0.669. The number of hydrogen-bond donors (Lipinski definition) is 0. The molecule has 0 radical (unpaired) electrons. The highest BCUT2D eigenvalue weighted by Crippen LogP contribution is 2.41. The van der Waals surface area contributed by atoms with Gasteiger partial charge in [-0.3, -0.25) is 0 Å². The second-order valence-electron chi connectivity index (χ2n) is 16.1. The van der Waals surface area contributed by atoms with Crippen molar-refractivity contribution in [3.8, 4) is 50.2 Å². The molecule has 0 spiro atoms. The summed E-state index contributed by atoms with van der Waals surface area (Å²) in [6.45, 7) is 0. The molecule has 0 saturated carbocycles. The van der Waals surface area contributed by atoms with Crippen LogP contribution in [-0.2, 0) is 0 Å². The Kier molecular flexibility index (Phi) is 8.83. The summed E-state index contributed by atoms with van der Waals surface area (Å²) < 4.78 is 8.65. The lowest BCUT2D eigenvalue weighted by Gasteiger charge is -2.26. The van der Waals surface area contributed by atoms with E-state index in [-0.39, 0.29) is 0 Å². The van der Waals surface area contributed by atoms with Crippen LogP contribution in [0, 0.1) is 0 Å². The number of nitrogens with zero attached hydrogens (tertiary/aromatic N) is 2. The SMILES string of the molecule is c1ccc(-c2ccc(N(c3ccc(-c4cccc(-c5ccc6c(c5)oc5ccccc56)c4)cc3)c3ccc(-c4ccccc4-n4c5ccccc5c5ccccc54)cc3)cc2)cc1. The normalized spacial score (nSPS) is 11.5. The number of aromatic nitrogens is 1. The number of fused-ring (bicyclic) bond motifs is 6. The number of anilines is 3. The maximum atomic E-state index is 6.24. The summed E-state index contributed by atoms with van der Waals surface area (Å²) in [6.07, 6.45) is 0. The van der Waals surface area contributed by atoms with E-state index in [1.165, 1.54) is 38.5 Å². The van der Waals surface area contributed by atoms with Gasteiger partial charge in [0.15, 0.2) is 0 Å². The molecule has 3 nitrogen and oxygen atoms in total. The van der Waals surface area contributed by atoms with E-state index in [0.29, 0.717) is 0 Å². The van der Waals surface area contributed by atoms with Gasteiger partial charge in [-0.25, -0.2) is 0 Å². The van der Waals surface area contributed by atoms with Gasteiger partial charge in [-0.15, -0.1) is 0 Å². The zero-order valence-electron chi connectivity index (χ0n) is 34.4. The third kappa shape index (κ3) is 6.46. The molecule has 0 saturated heterocycles. The molecular weight excluding hydrogens is 765 g/mol. The summed E-state index contributed by atoms with van der Waals surface area (Å²) in [7, 11) is 0. The molecule has 0 fully saturated rings. The van der Waals surface area contributed by atoms with Crippen LogP contribution in [0.2, 0.25) is 0 Å². The average Bonchev–Trinajstić information content (AvgIpc) is 3.90. The molecule has 296 valence electrons. The first-order chi connectivity index (χ1) is 31.2. The second kappa shape index (κ2) is 15.3. The minimum absolute atomic E-state index is 0.903. The molecular formula is C60H40N2O. The fourth-order valence-electron chi connectivity index (χ4n) is 9.35. The van der Waals surface area contributed by atoms with Crippen LogP contribution in [0.25, 0.3) is 93.9 Å². The van der Waals surface area contributed by atoms with Crippen LogP contribution >= 0.6 is 0 Å². The van der Waals surface area contributed by atoms with Crippen LogP contribution in [0.15, 0.2) is 247 Å². The van der Waals surface area contributed by atoms with E-state index in [0.717, 1.165) is 72.5 Å². The van der Waals surface area contributed by atoms with Gasteiger partial charge in [-0.1, -0.05) is 164 Å². The Bertz CT molecular complexity index is 3550. The van der Waals surface area contributed by atoms with E-state index >= 15 is 0 Å². The zero-order chi connectivity index (χ0) is 41.7. The smallest absolute Gasteiger partial charge is 0.136 e. The van der Waals surface area contributed by atoms with Gasteiger partial charge in [-0.2, -0.15) is 0 Å². The summed E-state index contributed by atoms with van der Waals surface area (Å²) in [4.78, 5) is 2.35. The van der Waals surface area contributed by atoms with Gasteiger partial charge in [0.2, 0.25) is 0 Å². The summed E-state index contributed by atoms with van der Waals surface area (Å²) >= 11 is 0. The zero-order valence-corrected chi connectivity index (χ0v) is 34.4. The molecule has 2 heterocycles. The molecule has 0 bridgehead atoms. The largest absolute Gasteiger partial charge is 0.456 e. The highest BCUT2D eigenvalue weighted by molar-refractivity contribution is 6.10. The quantitative estimate of drug-likeness (QED) is 0.153. The highest BCUT2D eigenvalue weighted by Gasteiger charge is 2.18. The van der Waals surface area contributed by atoms with Gasteiger partial charge in [-0.05, 0) is 118 Å². The van der Waals surface area contributed by atoms with Crippen molar-refractivity contribution in [1.29, 1.82) is 0 Å². The van der Waals surface area contributed by atoms with Gasteiger partial charge < -0.3 is 13.9 Å². The van der Waals surface area contributed by atoms with Crippen molar-refractivity contribution >= 4 is 60.8 Å². The number of furan rings is 1. The molecule has 2 aromatic heterocycles. The average molecular weight is 805 g/mol. The van der Waals surface area contributed by atoms with Crippen LogP contribution < -0.4 is 4.90 Å². The standard InChI is InChI=1S/C60H40N2O/c1-2-13-41(14-3-1)42-25-32-48(33-26-42)61(49-34-27-43(28-35-49)45-15-12-16-46(39-45)47-31-38-55-54-20-7-11-24-59(54)63-60(55)40-47)50-36-29-44(30-37-50)51-17-4-8-21-56(51)62-57-22-9-5-18-52(57)53-19-6-10-23-58(53)62/h1-40H. The molecule has 0 amide bonds. The summed E-state index contributed by atoms with van der Waals surface area (Å²) in [5.41, 5.74) is 17.9. The minimum atomic E-state index is 0.903. The van der Waals surface area contributed by atoms with Crippen molar-refractivity contribution in [3.63, 3.8) is 0 Å². The molecule has 0 unspecified atom stereocenters. The van der Waals surface area contributed by atoms with E-state index in [1.807, 2.05) is 12.1 Å². The molecule has 0 aliphatic heterocycles. The predicted octanol–water partition coefficient (Wildman–Crippen LogP) is 16.8. The van der Waals surface area contributed by atoms with E-state index in [9.17, 15) is 0 Å². The first-order valence-corrected chi connectivity index (χ1v) is 21.5. The minimum Gasteiger partial charge on any atom is -0.456 e. The first-order valence-electron chi connectivity index (χ1n) is 21.5. The number of benzene rings is 10. The van der Waals surface area contributed by atoms with Crippen LogP contribution in [0.4, 0.5) is 17.1 Å². The number of rotatable bonds is 8. The lowest BCUT2D eigenvalue weighted by Crippen LogP contribution is -2.09. The topological polar surface area (TPSA) is 21.3 Å². The van der Waals surface area contributed by atoms with Crippen LogP contribution in [0.5, 0.6) is 0 Å². The Hall–Kier alpha value is -8.40. The van der Waals surface area contributed by atoms with Crippen molar-refractivity contribution in [2.45, 2.75) is 0 Å². The Morgan fingerprint density at radius 1 is 0.286 bits per heavy atom. The van der Waals surface area contributed by atoms with Crippen molar-refractivity contribution < 1.29 is 4.42 Å². The van der Waals surface area contributed by atoms with Crippen molar-refractivity contribution in [3.05, 3.63) is 243 Å². The van der Waals surface area contributed by atoms with E-state index < -0.39 is 0 Å². The molecule has 12 rings (SSSR count). The Morgan fingerprint density at radius 2 is 0.730 bits per heavy atom. The number of para-hydroxylation sites is 4. The van der Waals surface area contributed by atoms with Crippen LogP contribution in [-0.4, -0.2) is 4.57 Å². The molecule has 3 heteroatoms. The Morgan fingerprint density at radius 3 is 1.40 bits per heavy atom. The third-order valence-corrected chi connectivity index (χ3v) is 12.4. The summed E-state index contributed by atoms with van der Waals surface area (Å²) in [5, 5.41) is 4.79. The molecule has 63 heavy (non-hydrogen) atoms. The second-order valence-corrected chi connectivity index (χ2v) is 16.1. The highest BCUT2D eigenvalue weighted by atomic mass is 16.3. The predicted molar refractivity (Wildman–Crippen MR) is 264 cm³/mol. The van der Waals surface area contributed by atoms with Crippen LogP contribution in [0.1, 0.15) is 0 Å². The molecule has 12 aromatic rings. The Balaban J connectivity index is 0.907. The van der Waals surface area contributed by atoms with Gasteiger partial charge in [0.1, 0.15) is 11.2 Å². The maximum Gasteiger partial charge on any atom is 0.136 e. The monoisotopic (exact) mass is 804 g/mol. The third-order valence-electron chi connectivity index (χ3n) is 12.4. The lowest BCUT2D eigenvalue weighted by atomic mass is 9.98. The number of hydrogen-bond acceptors (Lipinski definition) is 2. The molecule has 10 aromatic carbocycles. The molecule has 0 atom stereocenters. The van der Waals surface area contributed by atoms with Crippen molar-refractivity contribution in [2.24, 2.45) is 0 Å². The summed E-state index contributed by atoms with van der Waals surface area (Å²) in [5.74, 6) is 0. The van der Waals surface area contributed by atoms with E-state index in [4.69, 9.17) is 4.42 Å². The molecule has 0 aliphatic rings. The van der Waals surface area contributed by atoms with Crippen molar-refractivity contribution in [1.82, 2.24) is 4.57 Å². The van der Waals surface area contributed by atoms with Gasteiger partial charge in [0, 0.05) is 44.2 Å². The Labute approximate surface area is 366 Å². The van der Waals surface area contributed by atoms with Gasteiger partial charge in [0.25, 0.3) is 0 Å². The van der Waals surface area contributed by atoms with E-state index in [1.54, 1.807) is 0 Å². The molecule has 0 N–H and O–H groups in total. The fraction of sp³-hybridized carbons (Fsp3) is 0. The fourth-order valence-corrected chi connectivity index (χ4v) is 9.35. The van der Waals surface area contributed by atoms with Crippen molar-refractivity contribution in [2.75, 3.05) is 4.90 Å². The van der Waals surface area contributed by atoms with Gasteiger partial charge >= 0.3 is 0 Å². The van der Waals surface area contributed by atoms with Crippen LogP contribution in [0.3, 0.4) is 0 Å². The molecule has 0 aliphatic carbocycles. The summed E-state index contributed by atoms with van der Waals surface area (Å²) in [6, 6.07) is 87.1. The van der Waals surface area contributed by atoms with Gasteiger partial charge in [0.05, 0.1) is 16.7 Å². The van der Waals surface area contributed by atoms with E-state index in [2.05, 4.69) is 240 Å². The maximum absolute atomic E-state index is 6.24.